The molecule has 2 aromatic heterocycles. The second-order valence-corrected chi connectivity index (χ2v) is 11.3. The van der Waals surface area contributed by atoms with Crippen LogP contribution in [0.15, 0.2) is 71.9 Å². The lowest BCUT2D eigenvalue weighted by Crippen LogP contribution is -2.42. The average molecular weight is 610 g/mol. The second-order valence-electron chi connectivity index (χ2n) is 11.3. The smallest absolute Gasteiger partial charge is 0.269 e. The molecule has 0 spiro atoms. The van der Waals surface area contributed by atoms with Crippen LogP contribution in [-0.2, 0) is 16.1 Å². The molecule has 0 radical (unpaired) electrons. The van der Waals surface area contributed by atoms with Gasteiger partial charge in [0.25, 0.3) is 11.8 Å². The quantitative estimate of drug-likeness (QED) is 0.339. The number of aromatic nitrogens is 3. The Morgan fingerprint density at radius 3 is 2.67 bits per heavy atom. The molecular formula is C33H32FN7O4. The first-order valence-corrected chi connectivity index (χ1v) is 14.9. The number of halogens is 1. The number of para-hydroxylation sites is 1. The number of hydrogen-bond donors (Lipinski definition) is 2. The molecule has 0 saturated carbocycles. The van der Waals surface area contributed by atoms with Gasteiger partial charge in [-0.25, -0.2) is 19.0 Å². The average Bonchev–Trinajstić information content (AvgIpc) is 3.66. The zero-order chi connectivity index (χ0) is 31.1. The van der Waals surface area contributed by atoms with E-state index in [9.17, 15) is 14.0 Å². The summed E-state index contributed by atoms with van der Waals surface area (Å²) < 4.78 is 28.2. The Kier molecular flexibility index (Phi) is 7.50. The van der Waals surface area contributed by atoms with E-state index in [0.717, 1.165) is 31.7 Å². The highest BCUT2D eigenvalue weighted by Gasteiger charge is 2.34. The maximum Gasteiger partial charge on any atom is 0.269 e. The summed E-state index contributed by atoms with van der Waals surface area (Å²) in [6, 6.07) is 17.4. The topological polar surface area (TPSA) is 123 Å². The number of nitrogens with zero attached hydrogens (tertiary/aromatic N) is 5. The number of ether oxygens (including phenoxy) is 2. The van der Waals surface area contributed by atoms with Gasteiger partial charge in [-0.1, -0.05) is 42.5 Å². The van der Waals surface area contributed by atoms with Gasteiger partial charge in [0.15, 0.2) is 0 Å². The molecule has 1 saturated heterocycles. The van der Waals surface area contributed by atoms with Crippen molar-refractivity contribution in [1.29, 1.82) is 0 Å². The van der Waals surface area contributed by atoms with Crippen LogP contribution in [0.3, 0.4) is 0 Å². The molecule has 0 aliphatic carbocycles. The molecule has 2 aromatic carbocycles. The summed E-state index contributed by atoms with van der Waals surface area (Å²) in [6.45, 7) is 4.08. The zero-order valence-corrected chi connectivity index (χ0v) is 24.9. The lowest BCUT2D eigenvalue weighted by atomic mass is 10.0. The van der Waals surface area contributed by atoms with E-state index < -0.39 is 23.8 Å². The van der Waals surface area contributed by atoms with Gasteiger partial charge in [-0.15, -0.1) is 0 Å². The summed E-state index contributed by atoms with van der Waals surface area (Å²) in [5.41, 5.74) is 2.63. The van der Waals surface area contributed by atoms with Crippen molar-refractivity contribution in [2.75, 3.05) is 30.4 Å². The largest absolute Gasteiger partial charge is 0.474 e. The van der Waals surface area contributed by atoms with Crippen molar-refractivity contribution < 1.29 is 23.5 Å². The summed E-state index contributed by atoms with van der Waals surface area (Å²) in [5.74, 6) is -0.765. The number of nitrogens with one attached hydrogen (secondary N) is 2. The molecule has 0 bridgehead atoms. The number of benzodiazepines with no additional fused rings is 1. The van der Waals surface area contributed by atoms with Crippen LogP contribution in [0.1, 0.15) is 41.3 Å². The first kappa shape index (κ1) is 28.7. The molecule has 4 aromatic rings. The Morgan fingerprint density at radius 2 is 1.91 bits per heavy atom. The Hall–Kier alpha value is -5.10. The number of fused-ring (bicyclic) bond motifs is 2. The molecular weight excluding hydrogens is 577 g/mol. The van der Waals surface area contributed by atoms with Crippen LogP contribution < -0.4 is 20.3 Å². The van der Waals surface area contributed by atoms with Gasteiger partial charge in [-0.3, -0.25) is 9.59 Å². The third-order valence-electron chi connectivity index (χ3n) is 8.36. The van der Waals surface area contributed by atoms with Gasteiger partial charge in [0.05, 0.1) is 23.6 Å². The fourth-order valence-electron chi connectivity index (χ4n) is 5.94. The van der Waals surface area contributed by atoms with Crippen LogP contribution in [-0.4, -0.2) is 70.9 Å². The van der Waals surface area contributed by atoms with Crippen LogP contribution in [0.4, 0.5) is 15.9 Å². The number of pyridine rings is 1. The molecule has 11 nitrogen and oxygen atoms in total. The Labute approximate surface area is 259 Å². The molecule has 7 rings (SSSR count). The number of amides is 2. The van der Waals surface area contributed by atoms with Crippen molar-refractivity contribution in [3.05, 3.63) is 89.4 Å². The molecule has 5 heterocycles. The van der Waals surface area contributed by atoms with Gasteiger partial charge in [0, 0.05) is 56.1 Å². The van der Waals surface area contributed by atoms with Crippen LogP contribution in [0.25, 0.3) is 11.3 Å². The maximum atomic E-state index is 15.0. The molecule has 1 fully saturated rings. The molecule has 2 N–H and O–H groups in total. The summed E-state index contributed by atoms with van der Waals surface area (Å²) in [4.78, 5) is 39.1. The predicted octanol–water partition coefficient (Wildman–Crippen LogP) is 4.03. The zero-order valence-electron chi connectivity index (χ0n) is 24.9. The fourth-order valence-corrected chi connectivity index (χ4v) is 5.94. The molecule has 2 amide bonds. The molecule has 12 heteroatoms. The summed E-state index contributed by atoms with van der Waals surface area (Å²) in [5, 5.41) is 10.1. The normalized spacial score (nSPS) is 20.8. The van der Waals surface area contributed by atoms with E-state index in [2.05, 4.69) is 25.5 Å². The van der Waals surface area contributed by atoms with E-state index in [4.69, 9.17) is 14.6 Å². The van der Waals surface area contributed by atoms with Gasteiger partial charge in [-0.05, 0) is 31.5 Å². The predicted molar refractivity (Wildman–Crippen MR) is 166 cm³/mol. The van der Waals surface area contributed by atoms with E-state index in [1.54, 1.807) is 30.1 Å². The van der Waals surface area contributed by atoms with Gasteiger partial charge >= 0.3 is 0 Å². The number of rotatable bonds is 6. The standard InChI is InChI=1S/C33H32FN7O4/c1-19-13-16-41-33(45-19)26(28(39-41)21-11-12-25(35-17-21)40-15-14-22(18-40)44-2)31(42)38-30-32(43)37-29-23(9-6-10-24(29)34)27(36-30)20-7-4-3-5-8-20/h3-12,17,19,22,30H,13-16,18H2,1-2H3,(H,37,43)(H,38,42)/t19-,22-,30-/m1/s1. The fraction of sp³-hybridized carbons (Fsp3) is 0.303. The summed E-state index contributed by atoms with van der Waals surface area (Å²) in [6.07, 6.45) is 1.99. The van der Waals surface area contributed by atoms with Crippen molar-refractivity contribution >= 4 is 29.0 Å². The first-order chi connectivity index (χ1) is 21.9. The highest BCUT2D eigenvalue weighted by atomic mass is 19.1. The minimum atomic E-state index is -1.37. The van der Waals surface area contributed by atoms with Gasteiger partial charge in [-0.2, -0.15) is 5.10 Å². The number of aliphatic imine (C=N–C) groups is 1. The molecule has 3 aliphatic rings. The number of hydrogen-bond acceptors (Lipinski definition) is 8. The van der Waals surface area contributed by atoms with E-state index in [0.29, 0.717) is 40.5 Å². The third kappa shape index (κ3) is 5.42. The number of carbonyl (C=O) groups excluding carboxylic acids is 2. The Bertz CT molecular complexity index is 1790. The van der Waals surface area contributed by atoms with Crippen LogP contribution >= 0.6 is 0 Å². The lowest BCUT2D eigenvalue weighted by molar-refractivity contribution is -0.117. The lowest BCUT2D eigenvalue weighted by Gasteiger charge is -2.22. The van der Waals surface area contributed by atoms with Crippen molar-refractivity contribution in [2.24, 2.45) is 4.99 Å². The monoisotopic (exact) mass is 609 g/mol. The minimum Gasteiger partial charge on any atom is -0.474 e. The molecule has 0 unspecified atom stereocenters. The number of methoxy groups -OCH3 is 1. The van der Waals surface area contributed by atoms with E-state index in [-0.39, 0.29) is 23.5 Å². The van der Waals surface area contributed by atoms with Crippen LogP contribution in [0.2, 0.25) is 0 Å². The summed E-state index contributed by atoms with van der Waals surface area (Å²) >= 11 is 0. The van der Waals surface area contributed by atoms with Gasteiger partial charge in [0.2, 0.25) is 12.0 Å². The number of aryl methyl sites for hydroxylation is 1. The number of benzene rings is 2. The first-order valence-electron chi connectivity index (χ1n) is 14.9. The summed E-state index contributed by atoms with van der Waals surface area (Å²) in [7, 11) is 1.71. The minimum absolute atomic E-state index is 0.00333. The van der Waals surface area contributed by atoms with Crippen molar-refractivity contribution in [3.8, 4) is 17.1 Å². The molecule has 45 heavy (non-hydrogen) atoms. The van der Waals surface area contributed by atoms with E-state index >= 15 is 0 Å². The molecule has 230 valence electrons. The Balaban J connectivity index is 1.24. The highest BCUT2D eigenvalue weighted by molar-refractivity contribution is 6.20. The van der Waals surface area contributed by atoms with Gasteiger partial charge in [0.1, 0.15) is 22.9 Å². The number of carbonyl (C=O) groups is 2. The third-order valence-corrected chi connectivity index (χ3v) is 8.36. The maximum absolute atomic E-state index is 15.0. The van der Waals surface area contributed by atoms with Crippen LogP contribution in [0, 0.1) is 5.82 Å². The Morgan fingerprint density at radius 1 is 1.07 bits per heavy atom. The number of anilines is 2. The van der Waals surface area contributed by atoms with E-state index in [1.165, 1.54) is 6.07 Å². The van der Waals surface area contributed by atoms with Crippen molar-refractivity contribution in [2.45, 2.75) is 44.7 Å². The van der Waals surface area contributed by atoms with Crippen LogP contribution in [0.5, 0.6) is 5.88 Å². The van der Waals surface area contributed by atoms with Crippen molar-refractivity contribution in [3.63, 3.8) is 0 Å². The second kappa shape index (κ2) is 11.8. The highest BCUT2D eigenvalue weighted by Crippen LogP contribution is 2.35. The molecule has 3 aliphatic heterocycles. The van der Waals surface area contributed by atoms with Crippen molar-refractivity contribution in [1.82, 2.24) is 20.1 Å². The molecule has 3 atom stereocenters. The van der Waals surface area contributed by atoms with Gasteiger partial charge < -0.3 is 25.0 Å². The van der Waals surface area contributed by atoms with E-state index in [1.807, 2.05) is 49.4 Å². The SMILES string of the molecule is CO[C@@H]1CCN(c2ccc(-c3nn4c(c3C(=O)N[C@H]3N=C(c5ccccc5)c5cccc(F)c5NC3=O)O[C@H](C)CC4)cn2)C1.